The van der Waals surface area contributed by atoms with Crippen LogP contribution in [0.25, 0.3) is 0 Å². The molecule has 11 heavy (non-hydrogen) atoms. The number of rotatable bonds is 4. The third-order valence-electron chi connectivity index (χ3n) is 1.48. The first-order valence-electron chi connectivity index (χ1n) is 3.93. The van der Waals surface area contributed by atoms with Crippen molar-refractivity contribution in [1.29, 1.82) is 0 Å². The van der Waals surface area contributed by atoms with E-state index in [0.29, 0.717) is 0 Å². The molecule has 1 aliphatic rings. The van der Waals surface area contributed by atoms with E-state index >= 15 is 0 Å². The second kappa shape index (κ2) is 5.18. The molecule has 3 nitrogen and oxygen atoms in total. The summed E-state index contributed by atoms with van der Waals surface area (Å²) in [6.45, 7) is 3.19. The SMILES string of the molecule is CCCCCN1C=CSN=N1. The maximum absolute atomic E-state index is 3.94. The normalized spacial score (nSPS) is 15.9. The van der Waals surface area contributed by atoms with Crippen LogP contribution in [0.3, 0.4) is 0 Å². The van der Waals surface area contributed by atoms with Crippen molar-refractivity contribution in [3.8, 4) is 0 Å². The lowest BCUT2D eigenvalue weighted by molar-refractivity contribution is 0.364. The molecule has 1 heterocycles. The average Bonchev–Trinajstić information content (AvgIpc) is 2.07. The van der Waals surface area contributed by atoms with Gasteiger partial charge in [0.15, 0.2) is 0 Å². The Labute approximate surface area is 71.7 Å². The molecule has 0 saturated heterocycles. The van der Waals surface area contributed by atoms with Crippen LogP contribution in [0.1, 0.15) is 26.2 Å². The molecule has 0 atom stereocenters. The highest BCUT2D eigenvalue weighted by Crippen LogP contribution is 2.13. The molecule has 0 aromatic carbocycles. The predicted molar refractivity (Wildman–Crippen MR) is 47.8 cm³/mol. The van der Waals surface area contributed by atoms with E-state index in [1.807, 2.05) is 16.6 Å². The van der Waals surface area contributed by atoms with Gasteiger partial charge in [0.25, 0.3) is 0 Å². The lowest BCUT2D eigenvalue weighted by Crippen LogP contribution is -2.11. The molecule has 0 unspecified atom stereocenters. The highest BCUT2D eigenvalue weighted by atomic mass is 32.2. The van der Waals surface area contributed by atoms with E-state index in [2.05, 4.69) is 16.7 Å². The molecule has 0 fully saturated rings. The highest BCUT2D eigenvalue weighted by Gasteiger charge is 1.98. The number of unbranched alkanes of at least 4 members (excludes halogenated alkanes) is 2. The molecular weight excluding hydrogens is 158 g/mol. The summed E-state index contributed by atoms with van der Waals surface area (Å²) in [6.07, 6.45) is 5.69. The molecule has 0 N–H and O–H groups in total. The first kappa shape index (κ1) is 8.59. The summed E-state index contributed by atoms with van der Waals surface area (Å²) in [6, 6.07) is 0. The molecule has 4 heteroatoms. The Kier molecular flexibility index (Phi) is 4.04. The third-order valence-corrected chi connectivity index (χ3v) is 1.89. The summed E-state index contributed by atoms with van der Waals surface area (Å²) < 4.78 is 3.82. The van der Waals surface area contributed by atoms with Crippen molar-refractivity contribution in [2.75, 3.05) is 6.54 Å². The largest absolute Gasteiger partial charge is 0.253 e. The Balaban J connectivity index is 2.10. The van der Waals surface area contributed by atoms with Gasteiger partial charge in [-0.15, -0.1) is 0 Å². The monoisotopic (exact) mass is 171 g/mol. The number of nitrogens with zero attached hydrogens (tertiary/aromatic N) is 3. The van der Waals surface area contributed by atoms with Crippen LogP contribution in [0.4, 0.5) is 0 Å². The van der Waals surface area contributed by atoms with Gasteiger partial charge < -0.3 is 0 Å². The number of hydrogen-bond donors (Lipinski definition) is 0. The van der Waals surface area contributed by atoms with Gasteiger partial charge in [-0.2, -0.15) is 0 Å². The standard InChI is InChI=1S/C7H13N3S/c1-2-3-4-5-10-6-7-11-9-8-10/h6-7H,2-5H2,1H3. The van der Waals surface area contributed by atoms with Crippen LogP contribution in [-0.2, 0) is 0 Å². The third kappa shape index (κ3) is 3.41. The van der Waals surface area contributed by atoms with Crippen LogP contribution in [0.2, 0.25) is 0 Å². The fourth-order valence-corrected chi connectivity index (χ4v) is 1.25. The van der Waals surface area contributed by atoms with E-state index in [9.17, 15) is 0 Å². The molecule has 0 saturated carbocycles. The molecule has 0 radical (unpaired) electrons. The smallest absolute Gasteiger partial charge is 0.0426 e. The van der Waals surface area contributed by atoms with Gasteiger partial charge in [0.1, 0.15) is 0 Å². The maximum Gasteiger partial charge on any atom is 0.0426 e. The Morgan fingerprint density at radius 2 is 2.36 bits per heavy atom. The van der Waals surface area contributed by atoms with Crippen LogP contribution in [0.5, 0.6) is 0 Å². The minimum Gasteiger partial charge on any atom is -0.253 e. The molecule has 1 aliphatic heterocycles. The highest BCUT2D eigenvalue weighted by molar-refractivity contribution is 8.00. The van der Waals surface area contributed by atoms with Crippen LogP contribution in [0.15, 0.2) is 21.4 Å². The lowest BCUT2D eigenvalue weighted by atomic mass is 10.2. The molecular formula is C7H13N3S. The van der Waals surface area contributed by atoms with Crippen molar-refractivity contribution in [2.24, 2.45) is 9.74 Å². The van der Waals surface area contributed by atoms with E-state index in [-0.39, 0.29) is 0 Å². The zero-order valence-corrected chi connectivity index (χ0v) is 7.55. The van der Waals surface area contributed by atoms with Gasteiger partial charge in [-0.1, -0.05) is 29.5 Å². The minimum absolute atomic E-state index is 0.994. The van der Waals surface area contributed by atoms with E-state index < -0.39 is 0 Å². The average molecular weight is 171 g/mol. The van der Waals surface area contributed by atoms with E-state index in [4.69, 9.17) is 0 Å². The summed E-state index contributed by atoms with van der Waals surface area (Å²) in [7, 11) is 0. The zero-order valence-electron chi connectivity index (χ0n) is 6.73. The summed E-state index contributed by atoms with van der Waals surface area (Å²) in [5, 5.41) is 7.76. The van der Waals surface area contributed by atoms with Crippen molar-refractivity contribution >= 4 is 11.9 Å². The Morgan fingerprint density at radius 1 is 1.45 bits per heavy atom. The van der Waals surface area contributed by atoms with Crippen molar-refractivity contribution in [3.05, 3.63) is 11.6 Å². The molecule has 62 valence electrons. The van der Waals surface area contributed by atoms with Crippen molar-refractivity contribution < 1.29 is 0 Å². The Hall–Kier alpha value is -0.510. The second-order valence-corrected chi connectivity index (χ2v) is 3.08. The van der Waals surface area contributed by atoms with Crippen LogP contribution < -0.4 is 0 Å². The van der Waals surface area contributed by atoms with Gasteiger partial charge in [0.2, 0.25) is 0 Å². The van der Waals surface area contributed by atoms with Gasteiger partial charge in [-0.25, -0.2) is 0 Å². The van der Waals surface area contributed by atoms with Crippen molar-refractivity contribution in [2.45, 2.75) is 26.2 Å². The van der Waals surface area contributed by atoms with Crippen LogP contribution >= 0.6 is 11.9 Å². The van der Waals surface area contributed by atoms with Crippen LogP contribution in [0, 0.1) is 0 Å². The van der Waals surface area contributed by atoms with Gasteiger partial charge in [-0.3, -0.25) is 5.01 Å². The fourth-order valence-electron chi connectivity index (χ4n) is 0.866. The van der Waals surface area contributed by atoms with Gasteiger partial charge in [0, 0.05) is 30.1 Å². The van der Waals surface area contributed by atoms with Gasteiger partial charge in [0.05, 0.1) is 0 Å². The zero-order chi connectivity index (χ0) is 7.94. The molecule has 0 amide bonds. The molecule has 0 aliphatic carbocycles. The summed E-state index contributed by atoms with van der Waals surface area (Å²) in [4.78, 5) is 0. The molecule has 0 bridgehead atoms. The second-order valence-electron chi connectivity index (χ2n) is 2.43. The van der Waals surface area contributed by atoms with E-state index in [1.54, 1.807) is 0 Å². The number of hydrogen-bond acceptors (Lipinski definition) is 4. The van der Waals surface area contributed by atoms with Gasteiger partial charge >= 0.3 is 0 Å². The lowest BCUT2D eigenvalue weighted by Gasteiger charge is -2.13. The molecule has 0 aromatic heterocycles. The van der Waals surface area contributed by atoms with Gasteiger partial charge in [-0.05, 0) is 6.42 Å². The maximum atomic E-state index is 3.94. The molecule has 0 aromatic rings. The summed E-state index contributed by atoms with van der Waals surface area (Å²) >= 11 is 1.37. The summed E-state index contributed by atoms with van der Waals surface area (Å²) in [5.41, 5.74) is 0. The quantitative estimate of drug-likeness (QED) is 0.480. The molecule has 1 rings (SSSR count). The van der Waals surface area contributed by atoms with Crippen molar-refractivity contribution in [3.63, 3.8) is 0 Å². The van der Waals surface area contributed by atoms with Crippen molar-refractivity contribution in [1.82, 2.24) is 5.01 Å². The van der Waals surface area contributed by atoms with E-state index in [1.165, 1.54) is 31.2 Å². The Bertz CT molecular complexity index is 144. The summed E-state index contributed by atoms with van der Waals surface area (Å²) in [5.74, 6) is 0. The van der Waals surface area contributed by atoms with Crippen LogP contribution in [-0.4, -0.2) is 11.6 Å². The predicted octanol–water partition coefficient (Wildman–Crippen LogP) is 2.98. The minimum atomic E-state index is 0.994. The van der Waals surface area contributed by atoms with E-state index in [0.717, 1.165) is 6.54 Å². The first-order valence-corrected chi connectivity index (χ1v) is 4.77. The first-order chi connectivity index (χ1) is 5.43. The Morgan fingerprint density at radius 3 is 3.00 bits per heavy atom. The fraction of sp³-hybridized carbons (Fsp3) is 0.714. The molecule has 0 spiro atoms. The topological polar surface area (TPSA) is 28.0 Å².